The zero-order chi connectivity index (χ0) is 7.40. The molecule has 1 atom stereocenters. The second-order valence-electron chi connectivity index (χ2n) is 2.44. The molecule has 0 amide bonds. The van der Waals surface area contributed by atoms with Crippen LogP contribution >= 0.6 is 22.6 Å². The van der Waals surface area contributed by atoms with E-state index in [9.17, 15) is 0 Å². The first-order valence-corrected chi connectivity index (χ1v) is 4.55. The summed E-state index contributed by atoms with van der Waals surface area (Å²) < 4.78 is 1.46. The SMILES string of the molecule is C=CCC1CC=CC=C1I. The Kier molecular flexibility index (Phi) is 3.19. The van der Waals surface area contributed by atoms with E-state index in [1.165, 1.54) is 10.0 Å². The van der Waals surface area contributed by atoms with Crippen molar-refractivity contribution in [2.45, 2.75) is 12.8 Å². The number of hydrogen-bond donors (Lipinski definition) is 0. The predicted molar refractivity (Wildman–Crippen MR) is 54.2 cm³/mol. The molecule has 0 saturated carbocycles. The van der Waals surface area contributed by atoms with Gasteiger partial charge in [0.25, 0.3) is 0 Å². The third-order valence-corrected chi connectivity index (χ3v) is 2.89. The van der Waals surface area contributed by atoms with Crippen molar-refractivity contribution in [3.63, 3.8) is 0 Å². The summed E-state index contributed by atoms with van der Waals surface area (Å²) in [5.74, 6) is 0.711. The molecular weight excluding hydrogens is 235 g/mol. The third kappa shape index (κ3) is 1.97. The highest BCUT2D eigenvalue weighted by Crippen LogP contribution is 2.28. The number of hydrogen-bond acceptors (Lipinski definition) is 0. The number of halogens is 1. The molecule has 0 saturated heterocycles. The normalized spacial score (nSPS) is 24.1. The summed E-state index contributed by atoms with van der Waals surface area (Å²) in [5.41, 5.74) is 0. The Bertz CT molecular complexity index is 175. The van der Waals surface area contributed by atoms with Crippen LogP contribution in [-0.2, 0) is 0 Å². The number of allylic oxidation sites excluding steroid dienone is 5. The van der Waals surface area contributed by atoms with Crippen molar-refractivity contribution in [1.29, 1.82) is 0 Å². The molecule has 1 aliphatic rings. The van der Waals surface area contributed by atoms with Crippen molar-refractivity contribution < 1.29 is 0 Å². The third-order valence-electron chi connectivity index (χ3n) is 1.65. The summed E-state index contributed by atoms with van der Waals surface area (Å²) in [6.45, 7) is 3.73. The molecule has 1 heteroatoms. The Labute approximate surface area is 75.8 Å². The minimum Gasteiger partial charge on any atom is -0.103 e. The van der Waals surface area contributed by atoms with Crippen molar-refractivity contribution in [3.05, 3.63) is 34.5 Å². The lowest BCUT2D eigenvalue weighted by Crippen LogP contribution is -1.99. The molecule has 1 rings (SSSR count). The maximum absolute atomic E-state index is 3.73. The van der Waals surface area contributed by atoms with Crippen molar-refractivity contribution in [1.82, 2.24) is 0 Å². The summed E-state index contributed by atoms with van der Waals surface area (Å²) in [6, 6.07) is 0. The fraction of sp³-hybridized carbons (Fsp3) is 0.333. The molecule has 0 fully saturated rings. The lowest BCUT2D eigenvalue weighted by atomic mass is 9.98. The minimum absolute atomic E-state index is 0.711. The van der Waals surface area contributed by atoms with Crippen molar-refractivity contribution in [2.75, 3.05) is 0 Å². The molecule has 0 bridgehead atoms. The molecule has 10 heavy (non-hydrogen) atoms. The molecule has 0 aromatic carbocycles. The molecular formula is C9H11I. The largest absolute Gasteiger partial charge is 0.103 e. The van der Waals surface area contributed by atoms with Crippen LogP contribution < -0.4 is 0 Å². The van der Waals surface area contributed by atoms with Crippen molar-refractivity contribution in [3.8, 4) is 0 Å². The van der Waals surface area contributed by atoms with Gasteiger partial charge in [-0.15, -0.1) is 6.58 Å². The monoisotopic (exact) mass is 246 g/mol. The van der Waals surface area contributed by atoms with Gasteiger partial charge in [-0.25, -0.2) is 0 Å². The van der Waals surface area contributed by atoms with E-state index < -0.39 is 0 Å². The van der Waals surface area contributed by atoms with Gasteiger partial charge in [0.1, 0.15) is 0 Å². The highest BCUT2D eigenvalue weighted by molar-refractivity contribution is 14.1. The van der Waals surface area contributed by atoms with Crippen LogP contribution in [0.4, 0.5) is 0 Å². The van der Waals surface area contributed by atoms with E-state index in [1.807, 2.05) is 6.08 Å². The summed E-state index contributed by atoms with van der Waals surface area (Å²) in [4.78, 5) is 0. The summed E-state index contributed by atoms with van der Waals surface area (Å²) in [6.07, 6.45) is 10.8. The van der Waals surface area contributed by atoms with Crippen molar-refractivity contribution >= 4 is 22.6 Å². The lowest BCUT2D eigenvalue weighted by Gasteiger charge is -2.14. The molecule has 1 aliphatic carbocycles. The van der Waals surface area contributed by atoms with Crippen LogP contribution in [0.2, 0.25) is 0 Å². The van der Waals surface area contributed by atoms with E-state index in [-0.39, 0.29) is 0 Å². The zero-order valence-electron chi connectivity index (χ0n) is 5.89. The van der Waals surface area contributed by atoms with Gasteiger partial charge in [0.05, 0.1) is 0 Å². The van der Waals surface area contributed by atoms with Crippen LogP contribution in [0, 0.1) is 5.92 Å². The van der Waals surface area contributed by atoms with Gasteiger partial charge in [0.15, 0.2) is 0 Å². The molecule has 0 radical (unpaired) electrons. The number of rotatable bonds is 2. The van der Waals surface area contributed by atoms with Crippen LogP contribution in [0.1, 0.15) is 12.8 Å². The highest BCUT2D eigenvalue weighted by Gasteiger charge is 2.09. The molecule has 0 N–H and O–H groups in total. The molecule has 54 valence electrons. The second-order valence-corrected chi connectivity index (χ2v) is 3.68. The highest BCUT2D eigenvalue weighted by atomic mass is 127. The first-order valence-electron chi connectivity index (χ1n) is 3.47. The Morgan fingerprint density at radius 3 is 3.20 bits per heavy atom. The molecule has 0 aromatic rings. The van der Waals surface area contributed by atoms with E-state index in [1.54, 1.807) is 0 Å². The van der Waals surface area contributed by atoms with Gasteiger partial charge in [-0.05, 0) is 44.9 Å². The standard InChI is InChI=1S/C9H11I/c1-2-5-8-6-3-4-7-9(8)10/h2-4,7-8H,1,5-6H2. The van der Waals surface area contributed by atoms with Gasteiger partial charge in [0, 0.05) is 0 Å². The van der Waals surface area contributed by atoms with E-state index in [2.05, 4.69) is 47.4 Å². The van der Waals surface area contributed by atoms with Crippen LogP contribution in [-0.4, -0.2) is 0 Å². The predicted octanol–water partition coefficient (Wildman–Crippen LogP) is 3.46. The van der Waals surface area contributed by atoms with Gasteiger partial charge in [-0.1, -0.05) is 24.3 Å². The smallest absolute Gasteiger partial charge is 0.00347 e. The maximum atomic E-state index is 3.73. The molecule has 1 unspecified atom stereocenters. The average Bonchev–Trinajstić information content (AvgIpc) is 1.94. The topological polar surface area (TPSA) is 0 Å². The van der Waals surface area contributed by atoms with Crippen LogP contribution in [0.3, 0.4) is 0 Å². The zero-order valence-corrected chi connectivity index (χ0v) is 8.04. The molecule has 0 spiro atoms. The Morgan fingerprint density at radius 1 is 1.80 bits per heavy atom. The fourth-order valence-corrected chi connectivity index (χ4v) is 1.78. The second kappa shape index (κ2) is 3.96. The van der Waals surface area contributed by atoms with E-state index in [0.717, 1.165) is 6.42 Å². The molecule has 0 aromatic heterocycles. The summed E-state index contributed by atoms with van der Waals surface area (Å²) in [5, 5.41) is 0. The first kappa shape index (κ1) is 8.05. The minimum atomic E-state index is 0.711. The molecule has 0 nitrogen and oxygen atoms in total. The van der Waals surface area contributed by atoms with E-state index in [4.69, 9.17) is 0 Å². The van der Waals surface area contributed by atoms with Gasteiger partial charge in [0.2, 0.25) is 0 Å². The van der Waals surface area contributed by atoms with Crippen LogP contribution in [0.15, 0.2) is 34.5 Å². The average molecular weight is 246 g/mol. The van der Waals surface area contributed by atoms with E-state index in [0.29, 0.717) is 5.92 Å². The van der Waals surface area contributed by atoms with E-state index >= 15 is 0 Å². The lowest BCUT2D eigenvalue weighted by molar-refractivity contribution is 0.665. The summed E-state index contributed by atoms with van der Waals surface area (Å²) in [7, 11) is 0. The molecule has 0 heterocycles. The Hall–Kier alpha value is -0.0500. The maximum Gasteiger partial charge on any atom is -0.00347 e. The van der Waals surface area contributed by atoms with Gasteiger partial charge in [-0.2, -0.15) is 0 Å². The Morgan fingerprint density at radius 2 is 2.60 bits per heavy atom. The van der Waals surface area contributed by atoms with Crippen LogP contribution in [0.5, 0.6) is 0 Å². The van der Waals surface area contributed by atoms with Crippen molar-refractivity contribution in [2.24, 2.45) is 5.92 Å². The van der Waals surface area contributed by atoms with Gasteiger partial charge < -0.3 is 0 Å². The quantitative estimate of drug-likeness (QED) is 0.517. The first-order chi connectivity index (χ1) is 4.84. The Balaban J connectivity index is 2.55. The van der Waals surface area contributed by atoms with Crippen LogP contribution in [0.25, 0.3) is 0 Å². The summed E-state index contributed by atoms with van der Waals surface area (Å²) >= 11 is 2.40. The van der Waals surface area contributed by atoms with Gasteiger partial charge >= 0.3 is 0 Å². The van der Waals surface area contributed by atoms with Gasteiger partial charge in [-0.3, -0.25) is 0 Å². The fourth-order valence-electron chi connectivity index (χ4n) is 1.06. The molecule has 0 aliphatic heterocycles.